The topological polar surface area (TPSA) is 116 Å². The summed E-state index contributed by atoms with van der Waals surface area (Å²) in [6.45, 7) is 7.36. The molecule has 0 radical (unpaired) electrons. The molecule has 166 valence electrons. The number of Topliss-reactive ketones (excluding diaryl/α,β-unsaturated/α-hetero) is 1. The molecular formula is C22H26N2O6S. The molecule has 0 saturated carbocycles. The van der Waals surface area contributed by atoms with Crippen LogP contribution in [0.15, 0.2) is 41.3 Å². The molecule has 31 heavy (non-hydrogen) atoms. The maximum Gasteiger partial charge on any atom is 0.341 e. The van der Waals surface area contributed by atoms with Crippen molar-refractivity contribution in [2.24, 2.45) is 5.14 Å². The van der Waals surface area contributed by atoms with E-state index in [1.807, 2.05) is 24.8 Å². The molecule has 0 bridgehead atoms. The molecule has 3 rings (SSSR count). The average molecular weight is 447 g/mol. The highest BCUT2D eigenvalue weighted by atomic mass is 32.2. The third-order valence-corrected chi connectivity index (χ3v) is 6.22. The summed E-state index contributed by atoms with van der Waals surface area (Å²) in [5.74, 6) is -1.14. The lowest BCUT2D eigenvalue weighted by Crippen LogP contribution is -2.37. The van der Waals surface area contributed by atoms with E-state index in [0.717, 1.165) is 11.1 Å². The van der Waals surface area contributed by atoms with E-state index >= 15 is 0 Å². The second-order valence-electron chi connectivity index (χ2n) is 7.53. The summed E-state index contributed by atoms with van der Waals surface area (Å²) in [6.07, 6.45) is -1.05. The normalized spacial score (nSPS) is 15.4. The van der Waals surface area contributed by atoms with Crippen LogP contribution >= 0.6 is 0 Å². The van der Waals surface area contributed by atoms with Gasteiger partial charge in [-0.1, -0.05) is 12.1 Å². The van der Waals surface area contributed by atoms with Gasteiger partial charge in [-0.05, 0) is 56.2 Å². The Morgan fingerprint density at radius 2 is 1.74 bits per heavy atom. The summed E-state index contributed by atoms with van der Waals surface area (Å²) >= 11 is 0. The number of ether oxygens (including phenoxy) is 2. The van der Waals surface area contributed by atoms with Gasteiger partial charge in [-0.25, -0.2) is 18.4 Å². The second-order valence-corrected chi connectivity index (χ2v) is 9.10. The fourth-order valence-electron chi connectivity index (χ4n) is 3.34. The van der Waals surface area contributed by atoms with Crippen molar-refractivity contribution in [1.29, 1.82) is 0 Å². The fraction of sp³-hybridized carbons (Fsp3) is 0.364. The molecule has 1 aliphatic heterocycles. The standard InChI is InChI=1S/C22H26N2O6S/c1-14-4-5-17(12-15(14)2)21(25)16(3)30-22(26)19-13-18(31(23,27)28)6-7-20(19)24-8-10-29-11-9-24/h4-7,12-13,16H,8-11H2,1-3H3,(H2,23,27,28)/t16-/m0/s1. The minimum Gasteiger partial charge on any atom is -0.451 e. The van der Waals surface area contributed by atoms with Gasteiger partial charge in [-0.2, -0.15) is 0 Å². The zero-order valence-electron chi connectivity index (χ0n) is 17.8. The number of hydrogen-bond acceptors (Lipinski definition) is 7. The molecular weight excluding hydrogens is 420 g/mol. The van der Waals surface area contributed by atoms with Crippen molar-refractivity contribution >= 4 is 27.5 Å². The first-order valence-electron chi connectivity index (χ1n) is 9.90. The van der Waals surface area contributed by atoms with Crippen LogP contribution in [0.25, 0.3) is 0 Å². The Hall–Kier alpha value is -2.75. The predicted molar refractivity (Wildman–Crippen MR) is 116 cm³/mol. The number of aryl methyl sites for hydroxylation is 2. The van der Waals surface area contributed by atoms with Gasteiger partial charge in [0.25, 0.3) is 0 Å². The molecule has 1 aliphatic rings. The summed E-state index contributed by atoms with van der Waals surface area (Å²) in [5.41, 5.74) is 2.99. The van der Waals surface area contributed by atoms with Gasteiger partial charge >= 0.3 is 5.97 Å². The van der Waals surface area contributed by atoms with Crippen LogP contribution in [0.3, 0.4) is 0 Å². The Kier molecular flexibility index (Phi) is 6.78. The van der Waals surface area contributed by atoms with E-state index in [-0.39, 0.29) is 16.2 Å². The number of hydrogen-bond donors (Lipinski definition) is 1. The van der Waals surface area contributed by atoms with E-state index < -0.39 is 22.1 Å². The van der Waals surface area contributed by atoms with Crippen LogP contribution in [0, 0.1) is 13.8 Å². The molecule has 2 aromatic rings. The Bertz CT molecular complexity index is 1110. The number of nitrogens with zero attached hydrogens (tertiary/aromatic N) is 1. The summed E-state index contributed by atoms with van der Waals surface area (Å²) in [5, 5.41) is 5.24. The van der Waals surface area contributed by atoms with Crippen LogP contribution in [0.4, 0.5) is 5.69 Å². The maximum atomic E-state index is 13.0. The minimum atomic E-state index is -4.02. The van der Waals surface area contributed by atoms with E-state index in [2.05, 4.69) is 0 Å². The zero-order valence-corrected chi connectivity index (χ0v) is 18.6. The van der Waals surface area contributed by atoms with Gasteiger partial charge in [0, 0.05) is 18.7 Å². The van der Waals surface area contributed by atoms with E-state index in [4.69, 9.17) is 14.6 Å². The molecule has 1 atom stereocenters. The van der Waals surface area contributed by atoms with Gasteiger partial charge in [0.15, 0.2) is 6.10 Å². The highest BCUT2D eigenvalue weighted by molar-refractivity contribution is 7.89. The van der Waals surface area contributed by atoms with Gasteiger partial charge in [0.1, 0.15) is 0 Å². The van der Waals surface area contributed by atoms with E-state index in [0.29, 0.717) is 37.6 Å². The summed E-state index contributed by atoms with van der Waals surface area (Å²) in [4.78, 5) is 27.5. The number of rotatable bonds is 6. The van der Waals surface area contributed by atoms with Gasteiger partial charge in [-0.15, -0.1) is 0 Å². The lowest BCUT2D eigenvalue weighted by molar-refractivity contribution is 0.0318. The number of primary sulfonamides is 1. The summed E-state index contributed by atoms with van der Waals surface area (Å²) in [7, 11) is -4.02. The smallest absolute Gasteiger partial charge is 0.341 e. The Balaban J connectivity index is 1.89. The SMILES string of the molecule is Cc1ccc(C(=O)[C@H](C)OC(=O)c2cc(S(N)(=O)=O)ccc2N2CCOCC2)cc1C. The molecule has 0 amide bonds. The molecule has 9 heteroatoms. The van der Waals surface area contributed by atoms with Gasteiger partial charge < -0.3 is 14.4 Å². The number of ketones is 1. The summed E-state index contributed by atoms with van der Waals surface area (Å²) in [6, 6.07) is 9.34. The van der Waals surface area contributed by atoms with Crippen molar-refractivity contribution in [2.45, 2.75) is 31.8 Å². The van der Waals surface area contributed by atoms with Crippen molar-refractivity contribution in [3.8, 4) is 0 Å². The molecule has 0 unspecified atom stereocenters. The Morgan fingerprint density at radius 1 is 1.06 bits per heavy atom. The molecule has 1 saturated heterocycles. The molecule has 0 aliphatic carbocycles. The van der Waals surface area contributed by atoms with Crippen molar-refractivity contribution in [3.63, 3.8) is 0 Å². The second kappa shape index (κ2) is 9.17. The van der Waals surface area contributed by atoms with E-state index in [1.165, 1.54) is 25.1 Å². The predicted octanol–water partition coefficient (Wildman–Crippen LogP) is 2.22. The minimum absolute atomic E-state index is 0.0353. The van der Waals surface area contributed by atoms with Crippen LogP contribution in [-0.2, 0) is 19.5 Å². The third-order valence-electron chi connectivity index (χ3n) is 5.31. The van der Waals surface area contributed by atoms with Crippen LogP contribution < -0.4 is 10.0 Å². The molecule has 8 nitrogen and oxygen atoms in total. The molecule has 2 aromatic carbocycles. The fourth-order valence-corrected chi connectivity index (χ4v) is 3.88. The summed E-state index contributed by atoms with van der Waals surface area (Å²) < 4.78 is 34.4. The van der Waals surface area contributed by atoms with Crippen LogP contribution in [0.2, 0.25) is 0 Å². The number of carbonyl (C=O) groups excluding carboxylic acids is 2. The van der Waals surface area contributed by atoms with Gasteiger partial charge in [-0.3, -0.25) is 4.79 Å². The molecule has 0 spiro atoms. The number of sulfonamides is 1. The van der Waals surface area contributed by atoms with Crippen LogP contribution in [0.1, 0.15) is 38.8 Å². The highest BCUT2D eigenvalue weighted by Gasteiger charge is 2.26. The van der Waals surface area contributed by atoms with Crippen molar-refractivity contribution in [1.82, 2.24) is 0 Å². The number of morpholine rings is 1. The first-order chi connectivity index (χ1) is 14.6. The average Bonchev–Trinajstić information content (AvgIpc) is 2.74. The number of anilines is 1. The van der Waals surface area contributed by atoms with Crippen molar-refractivity contribution < 1.29 is 27.5 Å². The van der Waals surface area contributed by atoms with E-state index in [1.54, 1.807) is 12.1 Å². The lowest BCUT2D eigenvalue weighted by Gasteiger charge is -2.30. The maximum absolute atomic E-state index is 13.0. The van der Waals surface area contributed by atoms with Crippen molar-refractivity contribution in [2.75, 3.05) is 31.2 Å². The zero-order chi connectivity index (χ0) is 22.8. The van der Waals surface area contributed by atoms with E-state index in [9.17, 15) is 18.0 Å². The number of esters is 1. The number of carbonyl (C=O) groups is 2. The Morgan fingerprint density at radius 3 is 2.35 bits per heavy atom. The number of nitrogens with two attached hydrogens (primary N) is 1. The van der Waals surface area contributed by atoms with Crippen LogP contribution in [0.5, 0.6) is 0 Å². The highest BCUT2D eigenvalue weighted by Crippen LogP contribution is 2.26. The first-order valence-corrected chi connectivity index (χ1v) is 11.4. The Labute approximate surface area is 182 Å². The van der Waals surface area contributed by atoms with Crippen LogP contribution in [-0.4, -0.2) is 52.6 Å². The first kappa shape index (κ1) is 22.9. The quantitative estimate of drug-likeness (QED) is 0.534. The molecule has 1 fully saturated rings. The number of benzene rings is 2. The monoisotopic (exact) mass is 446 g/mol. The van der Waals surface area contributed by atoms with Gasteiger partial charge in [0.2, 0.25) is 15.8 Å². The largest absolute Gasteiger partial charge is 0.451 e. The molecule has 1 heterocycles. The van der Waals surface area contributed by atoms with Gasteiger partial charge in [0.05, 0.1) is 29.4 Å². The molecule has 2 N–H and O–H groups in total. The third kappa shape index (κ3) is 5.30. The molecule has 0 aromatic heterocycles. The lowest BCUT2D eigenvalue weighted by atomic mass is 10.0. The van der Waals surface area contributed by atoms with Crippen molar-refractivity contribution in [3.05, 3.63) is 58.7 Å².